The van der Waals surface area contributed by atoms with E-state index in [0.29, 0.717) is 71.0 Å². The van der Waals surface area contributed by atoms with Crippen LogP contribution in [0.2, 0.25) is 0 Å². The average molecular weight is 1020 g/mol. The van der Waals surface area contributed by atoms with Gasteiger partial charge < -0.3 is 28.4 Å². The van der Waals surface area contributed by atoms with Gasteiger partial charge in [0.15, 0.2) is 0 Å². The van der Waals surface area contributed by atoms with Crippen molar-refractivity contribution in [2.24, 2.45) is 0 Å². The topological polar surface area (TPSA) is 158 Å². The second-order valence-corrected chi connectivity index (χ2v) is 20.3. The van der Waals surface area contributed by atoms with E-state index < -0.39 is 0 Å². The van der Waals surface area contributed by atoms with Crippen LogP contribution in [0.25, 0.3) is 0 Å². The van der Waals surface area contributed by atoms with Crippen LogP contribution in [0.15, 0.2) is 0 Å². The first kappa shape index (κ1) is 68.8. The highest BCUT2D eigenvalue weighted by molar-refractivity contribution is 5.70. The summed E-state index contributed by atoms with van der Waals surface area (Å²) in [5.74, 6) is -0.879. The highest BCUT2D eigenvalue weighted by Gasteiger charge is 2.21. The van der Waals surface area contributed by atoms with Crippen LogP contribution in [0.3, 0.4) is 0 Å². The summed E-state index contributed by atoms with van der Waals surface area (Å²) in [6.07, 6.45) is 38.0. The molecule has 0 amide bonds. The minimum Gasteiger partial charge on any atom is -0.466 e. The smallest absolute Gasteiger partial charge is 0.305 e. The molecule has 0 aromatic carbocycles. The minimum atomic E-state index is -0.182. The third-order valence-corrected chi connectivity index (χ3v) is 13.6. The van der Waals surface area contributed by atoms with Crippen molar-refractivity contribution in [3.05, 3.63) is 0 Å². The van der Waals surface area contributed by atoms with Gasteiger partial charge in [-0.15, -0.1) is 0 Å². The Morgan fingerprint density at radius 1 is 0.250 bits per heavy atom. The Morgan fingerprint density at radius 2 is 0.472 bits per heavy atom. The molecule has 0 aliphatic heterocycles. The molecule has 0 aliphatic rings. The van der Waals surface area contributed by atoms with Gasteiger partial charge in [0.2, 0.25) is 0 Å². The molecule has 0 rings (SSSR count). The third kappa shape index (κ3) is 45.4. The van der Waals surface area contributed by atoms with E-state index in [1.807, 2.05) is 27.7 Å². The molecule has 0 heterocycles. The van der Waals surface area contributed by atoms with Crippen LogP contribution >= 0.6 is 0 Å². The van der Waals surface area contributed by atoms with Crippen molar-refractivity contribution in [2.45, 2.75) is 336 Å². The fourth-order valence-corrected chi connectivity index (χ4v) is 8.94. The molecule has 12 heteroatoms. The van der Waals surface area contributed by atoms with Crippen molar-refractivity contribution in [2.75, 3.05) is 13.2 Å². The molecular formula is C60H110O12. The zero-order valence-corrected chi connectivity index (χ0v) is 47.3. The Balaban J connectivity index is 3.88. The van der Waals surface area contributed by atoms with Crippen LogP contribution < -0.4 is 0 Å². The molecule has 422 valence electrons. The van der Waals surface area contributed by atoms with Crippen molar-refractivity contribution in [1.82, 2.24) is 0 Å². The predicted octanol–water partition coefficient (Wildman–Crippen LogP) is 16.2. The van der Waals surface area contributed by atoms with Crippen LogP contribution in [0.4, 0.5) is 0 Å². The van der Waals surface area contributed by atoms with Gasteiger partial charge in [-0.1, -0.05) is 170 Å². The summed E-state index contributed by atoms with van der Waals surface area (Å²) in [5, 5.41) is 0. The first-order chi connectivity index (χ1) is 35.0. The van der Waals surface area contributed by atoms with E-state index in [1.165, 1.54) is 38.5 Å². The quantitative estimate of drug-likeness (QED) is 0.0323. The summed E-state index contributed by atoms with van der Waals surface area (Å²) < 4.78 is 33.9. The van der Waals surface area contributed by atoms with Crippen LogP contribution in [0.1, 0.15) is 311 Å². The number of unbranched alkanes of at least 4 members (excludes halogenated alkanes) is 23. The molecule has 0 bridgehead atoms. The van der Waals surface area contributed by atoms with Crippen molar-refractivity contribution < 1.29 is 57.2 Å². The molecule has 0 saturated carbocycles. The van der Waals surface area contributed by atoms with E-state index >= 15 is 0 Å². The number of hydrogen-bond acceptors (Lipinski definition) is 12. The van der Waals surface area contributed by atoms with Gasteiger partial charge in [0.1, 0.15) is 24.4 Å². The molecule has 0 aromatic rings. The van der Waals surface area contributed by atoms with E-state index in [4.69, 9.17) is 28.4 Å². The molecule has 72 heavy (non-hydrogen) atoms. The summed E-state index contributed by atoms with van der Waals surface area (Å²) >= 11 is 0. The van der Waals surface area contributed by atoms with Gasteiger partial charge in [-0.05, 0) is 103 Å². The lowest BCUT2D eigenvalue weighted by Gasteiger charge is -2.22. The van der Waals surface area contributed by atoms with Crippen molar-refractivity contribution in [3.8, 4) is 0 Å². The Kier molecular flexibility index (Phi) is 49.0. The molecule has 0 aliphatic carbocycles. The molecule has 0 saturated heterocycles. The van der Waals surface area contributed by atoms with E-state index in [2.05, 4.69) is 13.8 Å². The summed E-state index contributed by atoms with van der Waals surface area (Å²) in [7, 11) is 0. The second-order valence-electron chi connectivity index (χ2n) is 20.3. The van der Waals surface area contributed by atoms with Gasteiger partial charge in [0.05, 0.1) is 13.2 Å². The van der Waals surface area contributed by atoms with E-state index in [0.717, 1.165) is 173 Å². The number of carbonyl (C=O) groups is 6. The lowest BCUT2D eigenvalue weighted by atomic mass is 10.00. The van der Waals surface area contributed by atoms with Crippen LogP contribution in [-0.4, -0.2) is 73.4 Å². The molecule has 0 aromatic heterocycles. The minimum absolute atomic E-state index is 0.0895. The monoisotopic (exact) mass is 1020 g/mol. The van der Waals surface area contributed by atoms with Crippen molar-refractivity contribution in [3.63, 3.8) is 0 Å². The normalized spacial score (nSPS) is 12.9. The molecule has 0 spiro atoms. The van der Waals surface area contributed by atoms with E-state index in [-0.39, 0.29) is 60.2 Å². The number of rotatable bonds is 53. The highest BCUT2D eigenvalue weighted by Crippen LogP contribution is 2.22. The van der Waals surface area contributed by atoms with Gasteiger partial charge >= 0.3 is 35.8 Å². The molecule has 0 fully saturated rings. The molecule has 4 unspecified atom stereocenters. The summed E-state index contributed by atoms with van der Waals surface area (Å²) in [6, 6.07) is 0. The lowest BCUT2D eigenvalue weighted by molar-refractivity contribution is -0.153. The fraction of sp³-hybridized carbons (Fsp3) is 0.900. The molecular weight excluding hydrogens is 913 g/mol. The molecule has 4 atom stereocenters. The maximum Gasteiger partial charge on any atom is 0.305 e. The van der Waals surface area contributed by atoms with Gasteiger partial charge in [-0.25, -0.2) is 0 Å². The Hall–Kier alpha value is -3.18. The first-order valence-corrected chi connectivity index (χ1v) is 30.1. The Bertz CT molecular complexity index is 1320. The first-order valence-electron chi connectivity index (χ1n) is 30.1. The fourth-order valence-electron chi connectivity index (χ4n) is 8.94. The van der Waals surface area contributed by atoms with E-state index in [1.54, 1.807) is 0 Å². The summed E-state index contributed by atoms with van der Waals surface area (Å²) in [4.78, 5) is 72.7. The van der Waals surface area contributed by atoms with Gasteiger partial charge in [-0.3, -0.25) is 28.8 Å². The summed E-state index contributed by atoms with van der Waals surface area (Å²) in [5.41, 5.74) is 0. The SMILES string of the molecule is CCCCCCC(CCC(CCCCCCCC(=O)OCCCCCCCCCCCCOC(=O)CCCCCCCCC(CCC(CCCCC)OC(=O)CC)OC(=O)CC)OC(=O)CC)OC(=O)CC. The molecule has 0 radical (unpaired) electrons. The van der Waals surface area contributed by atoms with Gasteiger partial charge in [0.25, 0.3) is 0 Å². The molecule has 0 N–H and O–H groups in total. The third-order valence-electron chi connectivity index (χ3n) is 13.6. The number of hydrogen-bond donors (Lipinski definition) is 0. The maximum atomic E-state index is 12.3. The van der Waals surface area contributed by atoms with Crippen molar-refractivity contribution >= 4 is 35.8 Å². The number of esters is 6. The second kappa shape index (κ2) is 51.3. The molecule has 12 nitrogen and oxygen atoms in total. The standard InChI is InChI=1S/C60H110O12/c1-7-13-15-32-40-52(70-56(62)10-4)47-48-54(72-58(64)12-6)42-34-26-24-28-36-44-60(66)68-50-38-30-23-19-17-16-18-22-29-37-49-67-59(65)43-35-27-21-20-25-33-41-53(71-57(63)11-5)46-45-51(39-31-14-8-2)69-55(61)9-3/h51-54H,7-50H2,1-6H3. The van der Waals surface area contributed by atoms with Gasteiger partial charge in [-0.2, -0.15) is 0 Å². The Morgan fingerprint density at radius 3 is 0.750 bits per heavy atom. The number of carbonyl (C=O) groups excluding carboxylic acids is 6. The predicted molar refractivity (Wildman–Crippen MR) is 289 cm³/mol. The zero-order chi connectivity index (χ0) is 53.1. The highest BCUT2D eigenvalue weighted by atomic mass is 16.6. The zero-order valence-electron chi connectivity index (χ0n) is 47.3. The van der Waals surface area contributed by atoms with Crippen LogP contribution in [-0.2, 0) is 57.2 Å². The average Bonchev–Trinajstić information content (AvgIpc) is 3.37. The van der Waals surface area contributed by atoms with Crippen LogP contribution in [0.5, 0.6) is 0 Å². The van der Waals surface area contributed by atoms with Crippen molar-refractivity contribution in [1.29, 1.82) is 0 Å². The van der Waals surface area contributed by atoms with E-state index in [9.17, 15) is 28.8 Å². The lowest BCUT2D eigenvalue weighted by Crippen LogP contribution is -2.23. The Labute approximate surface area is 440 Å². The maximum absolute atomic E-state index is 12.3. The van der Waals surface area contributed by atoms with Crippen LogP contribution in [0, 0.1) is 0 Å². The largest absolute Gasteiger partial charge is 0.466 e. The van der Waals surface area contributed by atoms with Gasteiger partial charge in [0, 0.05) is 38.5 Å². The number of ether oxygens (including phenoxy) is 6. The summed E-state index contributed by atoms with van der Waals surface area (Å²) in [6.45, 7) is 12.6.